The fourth-order valence-electron chi connectivity index (χ4n) is 2.72. The van der Waals surface area contributed by atoms with E-state index in [2.05, 4.69) is 0 Å². The van der Waals surface area contributed by atoms with E-state index in [1.165, 1.54) is 18.2 Å². The minimum Gasteiger partial charge on any atom is -0.458 e. The lowest BCUT2D eigenvalue weighted by molar-refractivity contribution is -0.155. The molecular formula is C27H41NO11. The van der Waals surface area contributed by atoms with Crippen LogP contribution in [0.4, 0.5) is 14.4 Å². The maximum absolute atomic E-state index is 12.6. The van der Waals surface area contributed by atoms with Crippen molar-refractivity contribution in [3.05, 3.63) is 23.8 Å². The summed E-state index contributed by atoms with van der Waals surface area (Å²) in [6.45, 7) is 15.6. The molecule has 0 heterocycles. The molecule has 12 heteroatoms. The van der Waals surface area contributed by atoms with Gasteiger partial charge in [-0.3, -0.25) is 4.79 Å². The van der Waals surface area contributed by atoms with Crippen molar-refractivity contribution in [2.24, 2.45) is 11.1 Å². The predicted molar refractivity (Wildman–Crippen MR) is 140 cm³/mol. The highest BCUT2D eigenvalue weighted by atomic mass is 16.8. The van der Waals surface area contributed by atoms with Crippen molar-refractivity contribution >= 4 is 24.4 Å². The molecule has 2 N–H and O–H groups in total. The van der Waals surface area contributed by atoms with Crippen molar-refractivity contribution in [3.8, 4) is 11.5 Å². The van der Waals surface area contributed by atoms with E-state index in [4.69, 9.17) is 38.9 Å². The number of hydrogen-bond donors (Lipinski definition) is 1. The van der Waals surface area contributed by atoms with Crippen molar-refractivity contribution in [2.75, 3.05) is 6.61 Å². The van der Waals surface area contributed by atoms with E-state index in [0.717, 1.165) is 0 Å². The van der Waals surface area contributed by atoms with E-state index >= 15 is 0 Å². The molecule has 0 fully saturated rings. The average molecular weight is 556 g/mol. The average Bonchev–Trinajstić information content (AvgIpc) is 2.77. The van der Waals surface area contributed by atoms with Gasteiger partial charge in [-0.15, -0.1) is 0 Å². The minimum atomic E-state index is -1.11. The standard InChI is InChI=1S/C27H41NO11/c1-15(2)34-25(31)38-21-11-10-19(13-22(21)39-26(32)35-16(3)4)12-20(28)23(29)36-17(5)18(6)37-24(30)33-14-27(7,8)9/h10-11,13,15-18,20H,12,14,28H2,1-9H3/t17-,18-,20-/m0/s1. The number of rotatable bonds is 11. The van der Waals surface area contributed by atoms with Crippen LogP contribution in [0.2, 0.25) is 0 Å². The van der Waals surface area contributed by atoms with Crippen molar-refractivity contribution < 1.29 is 52.3 Å². The third-order valence-corrected chi connectivity index (χ3v) is 4.69. The minimum absolute atomic E-state index is 0.0132. The molecule has 0 amide bonds. The molecule has 0 radical (unpaired) electrons. The molecule has 0 aliphatic rings. The molecule has 39 heavy (non-hydrogen) atoms. The Morgan fingerprint density at radius 2 is 1.26 bits per heavy atom. The molecule has 0 spiro atoms. The Labute approximate surface area is 229 Å². The maximum Gasteiger partial charge on any atom is 0.514 e. The summed E-state index contributed by atoms with van der Waals surface area (Å²) >= 11 is 0. The summed E-state index contributed by atoms with van der Waals surface area (Å²) < 4.78 is 35.9. The zero-order chi connectivity index (χ0) is 29.9. The highest BCUT2D eigenvalue weighted by Crippen LogP contribution is 2.30. The highest BCUT2D eigenvalue weighted by Gasteiger charge is 2.26. The van der Waals surface area contributed by atoms with Gasteiger partial charge in [0.15, 0.2) is 11.5 Å². The Bertz CT molecular complexity index is 984. The highest BCUT2D eigenvalue weighted by molar-refractivity contribution is 5.76. The quantitative estimate of drug-likeness (QED) is 0.223. The Hall–Kier alpha value is -3.54. The molecule has 3 atom stereocenters. The number of ether oxygens (including phenoxy) is 7. The van der Waals surface area contributed by atoms with Gasteiger partial charge in [0.1, 0.15) is 18.2 Å². The molecule has 0 saturated heterocycles. The molecule has 0 bridgehead atoms. The van der Waals surface area contributed by atoms with Crippen molar-refractivity contribution in [1.82, 2.24) is 0 Å². The summed E-state index contributed by atoms with van der Waals surface area (Å²) in [5, 5.41) is 0. The Morgan fingerprint density at radius 3 is 1.77 bits per heavy atom. The van der Waals surface area contributed by atoms with Crippen molar-refractivity contribution in [1.29, 1.82) is 0 Å². The summed E-state index contributed by atoms with van der Waals surface area (Å²) in [6, 6.07) is 3.18. The van der Waals surface area contributed by atoms with Gasteiger partial charge in [0.2, 0.25) is 0 Å². The van der Waals surface area contributed by atoms with Crippen LogP contribution in [0.1, 0.15) is 67.9 Å². The van der Waals surface area contributed by atoms with E-state index in [9.17, 15) is 19.2 Å². The number of nitrogens with two attached hydrogens (primary N) is 1. The third kappa shape index (κ3) is 13.7. The first-order chi connectivity index (χ1) is 18.0. The number of carbonyl (C=O) groups is 4. The summed E-state index contributed by atoms with van der Waals surface area (Å²) in [4.78, 5) is 48.5. The lowest BCUT2D eigenvalue weighted by Gasteiger charge is -2.23. The zero-order valence-corrected chi connectivity index (χ0v) is 24.1. The van der Waals surface area contributed by atoms with Gasteiger partial charge in [0.25, 0.3) is 0 Å². The predicted octanol–water partition coefficient (Wildman–Crippen LogP) is 4.92. The smallest absolute Gasteiger partial charge is 0.458 e. The van der Waals surface area contributed by atoms with Crippen LogP contribution in [0.5, 0.6) is 11.5 Å². The van der Waals surface area contributed by atoms with Gasteiger partial charge >= 0.3 is 24.4 Å². The summed E-state index contributed by atoms with van der Waals surface area (Å²) in [6.07, 6.45) is -5.37. The van der Waals surface area contributed by atoms with E-state index < -0.39 is 54.9 Å². The number of carbonyl (C=O) groups excluding carboxylic acids is 4. The van der Waals surface area contributed by atoms with E-state index in [0.29, 0.717) is 5.56 Å². The lowest BCUT2D eigenvalue weighted by Crippen LogP contribution is -2.39. The van der Waals surface area contributed by atoms with Gasteiger partial charge < -0.3 is 38.9 Å². The normalized spacial score (nSPS) is 13.6. The SMILES string of the molecule is CC(C)OC(=O)Oc1ccc(C[C@H](N)C(=O)O[C@@H](C)[C@H](C)OC(=O)OCC(C)(C)C)cc1OC(=O)OC(C)C. The fraction of sp³-hybridized carbons (Fsp3) is 0.630. The second kappa shape index (κ2) is 15.2. The summed E-state index contributed by atoms with van der Waals surface area (Å²) in [7, 11) is 0. The van der Waals surface area contributed by atoms with Crippen LogP contribution in [0.25, 0.3) is 0 Å². The third-order valence-electron chi connectivity index (χ3n) is 4.69. The molecule has 1 rings (SSSR count). The molecule has 0 unspecified atom stereocenters. The van der Waals surface area contributed by atoms with Gasteiger partial charge in [-0.2, -0.15) is 0 Å². The monoisotopic (exact) mass is 555 g/mol. The van der Waals surface area contributed by atoms with E-state index in [1.54, 1.807) is 41.5 Å². The first kappa shape index (κ1) is 33.5. The topological polar surface area (TPSA) is 159 Å². The lowest BCUT2D eigenvalue weighted by atomic mass is 9.99. The van der Waals surface area contributed by atoms with Crippen LogP contribution in [0.3, 0.4) is 0 Å². The Morgan fingerprint density at radius 1 is 0.744 bits per heavy atom. The van der Waals surface area contributed by atoms with Crippen LogP contribution in [0, 0.1) is 5.41 Å². The molecule has 220 valence electrons. The molecule has 0 saturated carbocycles. The molecule has 0 aromatic heterocycles. The van der Waals surface area contributed by atoms with Gasteiger partial charge in [-0.05, 0) is 71.1 Å². The second-order valence-corrected chi connectivity index (χ2v) is 10.7. The molecule has 1 aromatic rings. The molecule has 12 nitrogen and oxygen atoms in total. The second-order valence-electron chi connectivity index (χ2n) is 10.7. The first-order valence-corrected chi connectivity index (χ1v) is 12.7. The molecule has 1 aromatic carbocycles. The van der Waals surface area contributed by atoms with E-state index in [-0.39, 0.29) is 29.9 Å². The molecular weight excluding hydrogens is 514 g/mol. The van der Waals surface area contributed by atoms with Gasteiger partial charge in [0, 0.05) is 0 Å². The fourth-order valence-corrected chi connectivity index (χ4v) is 2.72. The number of esters is 1. The van der Waals surface area contributed by atoms with Crippen molar-refractivity contribution in [3.63, 3.8) is 0 Å². The van der Waals surface area contributed by atoms with Crippen LogP contribution >= 0.6 is 0 Å². The van der Waals surface area contributed by atoms with Crippen LogP contribution < -0.4 is 15.2 Å². The number of benzene rings is 1. The van der Waals surface area contributed by atoms with E-state index in [1.807, 2.05) is 20.8 Å². The van der Waals surface area contributed by atoms with Gasteiger partial charge in [-0.25, -0.2) is 14.4 Å². The van der Waals surface area contributed by atoms with Gasteiger partial charge in [-0.1, -0.05) is 26.8 Å². The van der Waals surface area contributed by atoms with Crippen LogP contribution in [-0.4, -0.2) is 61.5 Å². The summed E-state index contributed by atoms with van der Waals surface area (Å²) in [5.74, 6) is -0.980. The molecule has 0 aliphatic heterocycles. The summed E-state index contributed by atoms with van der Waals surface area (Å²) in [5.41, 5.74) is 6.28. The van der Waals surface area contributed by atoms with Crippen molar-refractivity contribution in [2.45, 2.75) is 99.2 Å². The largest absolute Gasteiger partial charge is 0.514 e. The Balaban J connectivity index is 2.87. The first-order valence-electron chi connectivity index (χ1n) is 12.7. The zero-order valence-electron chi connectivity index (χ0n) is 24.1. The Kier molecular flexibility index (Phi) is 13.0. The maximum atomic E-state index is 12.6. The molecule has 0 aliphatic carbocycles. The van der Waals surface area contributed by atoms with Gasteiger partial charge in [0.05, 0.1) is 18.8 Å². The van der Waals surface area contributed by atoms with Crippen LogP contribution in [-0.2, 0) is 34.9 Å². The van der Waals surface area contributed by atoms with Crippen LogP contribution in [0.15, 0.2) is 18.2 Å². The number of hydrogen-bond acceptors (Lipinski definition) is 12.